The van der Waals surface area contributed by atoms with Gasteiger partial charge in [0.1, 0.15) is 0 Å². The van der Waals surface area contributed by atoms with E-state index in [2.05, 4.69) is 4.74 Å². The molecule has 0 bridgehead atoms. The summed E-state index contributed by atoms with van der Waals surface area (Å²) in [4.78, 5) is 23.7. The molecule has 0 saturated carbocycles. The predicted octanol–water partition coefficient (Wildman–Crippen LogP) is 1.70. The van der Waals surface area contributed by atoms with E-state index in [4.69, 9.17) is 4.74 Å². The lowest BCUT2D eigenvalue weighted by atomic mass is 10.1. The highest BCUT2D eigenvalue weighted by atomic mass is 16.6. The highest BCUT2D eigenvalue weighted by molar-refractivity contribution is 5.97. The molecule has 0 radical (unpaired) electrons. The van der Waals surface area contributed by atoms with Crippen LogP contribution in [0.3, 0.4) is 0 Å². The number of carbonyl (C=O) groups is 2. The number of hydrogen-bond acceptors (Lipinski definition) is 5. The molecule has 6 nitrogen and oxygen atoms in total. The first-order chi connectivity index (χ1) is 9.61. The number of cyclic esters (lactones) is 1. The molecule has 20 heavy (non-hydrogen) atoms. The van der Waals surface area contributed by atoms with Gasteiger partial charge in [0, 0.05) is 6.54 Å². The Bertz CT molecular complexity index is 498. The Balaban J connectivity index is 1.78. The number of unbranched alkanes of at least 4 members (excludes halogenated alkanes) is 1. The van der Waals surface area contributed by atoms with E-state index < -0.39 is 6.09 Å². The molecule has 1 N–H and O–H groups in total. The molecule has 1 aliphatic rings. The van der Waals surface area contributed by atoms with Crippen LogP contribution in [0.1, 0.15) is 18.4 Å². The average Bonchev–Trinajstić information content (AvgIpc) is 2.76. The summed E-state index contributed by atoms with van der Waals surface area (Å²) >= 11 is 0. The third kappa shape index (κ3) is 3.20. The summed E-state index contributed by atoms with van der Waals surface area (Å²) in [5.41, 5.74) is 1.04. The summed E-state index contributed by atoms with van der Waals surface area (Å²) in [6.45, 7) is 0.237. The highest BCUT2D eigenvalue weighted by Crippen LogP contribution is 2.26. The molecule has 0 spiro atoms. The van der Waals surface area contributed by atoms with Crippen LogP contribution in [0.4, 0.5) is 4.79 Å². The largest absolute Gasteiger partial charge is 0.504 e. The minimum Gasteiger partial charge on any atom is -0.504 e. The lowest BCUT2D eigenvalue weighted by Crippen LogP contribution is -2.30. The van der Waals surface area contributed by atoms with Gasteiger partial charge in [-0.15, -0.1) is 0 Å². The second kappa shape index (κ2) is 6.27. The van der Waals surface area contributed by atoms with E-state index in [1.807, 2.05) is 6.07 Å². The van der Waals surface area contributed by atoms with Crippen LogP contribution in [0.15, 0.2) is 18.2 Å². The number of aromatic hydroxyl groups is 1. The number of amides is 2. The first-order valence-electron chi connectivity index (χ1n) is 6.45. The van der Waals surface area contributed by atoms with E-state index in [1.165, 1.54) is 7.11 Å². The second-order valence-corrected chi connectivity index (χ2v) is 4.56. The van der Waals surface area contributed by atoms with Gasteiger partial charge in [0.2, 0.25) is 0 Å². The number of methoxy groups -OCH3 is 1. The lowest BCUT2D eigenvalue weighted by molar-refractivity contribution is -0.125. The zero-order valence-corrected chi connectivity index (χ0v) is 11.3. The quantitative estimate of drug-likeness (QED) is 0.802. The SMILES string of the molecule is COc1cc(CCCCN2C(=O)COC2=O)ccc1O. The fraction of sp³-hybridized carbons (Fsp3) is 0.429. The van der Waals surface area contributed by atoms with Gasteiger partial charge >= 0.3 is 6.09 Å². The predicted molar refractivity (Wildman–Crippen MR) is 70.7 cm³/mol. The van der Waals surface area contributed by atoms with Crippen molar-refractivity contribution in [2.24, 2.45) is 0 Å². The van der Waals surface area contributed by atoms with Gasteiger partial charge in [-0.3, -0.25) is 4.79 Å². The molecule has 0 aromatic heterocycles. The van der Waals surface area contributed by atoms with E-state index in [0.717, 1.165) is 23.3 Å². The van der Waals surface area contributed by atoms with E-state index in [-0.39, 0.29) is 18.3 Å². The summed E-state index contributed by atoms with van der Waals surface area (Å²) in [5, 5.41) is 9.49. The van der Waals surface area contributed by atoms with E-state index in [0.29, 0.717) is 18.7 Å². The maximum Gasteiger partial charge on any atom is 0.417 e. The molecule has 1 aromatic carbocycles. The van der Waals surface area contributed by atoms with Gasteiger partial charge in [-0.1, -0.05) is 6.07 Å². The molecule has 2 rings (SSSR count). The van der Waals surface area contributed by atoms with Crippen molar-refractivity contribution < 1.29 is 24.2 Å². The van der Waals surface area contributed by atoms with Crippen LogP contribution in [-0.4, -0.2) is 42.3 Å². The van der Waals surface area contributed by atoms with Crippen LogP contribution in [0.5, 0.6) is 11.5 Å². The fourth-order valence-corrected chi connectivity index (χ4v) is 2.07. The number of aryl methyl sites for hydroxylation is 1. The van der Waals surface area contributed by atoms with E-state index in [1.54, 1.807) is 12.1 Å². The minimum atomic E-state index is -0.554. The number of rotatable bonds is 6. The minimum absolute atomic E-state index is 0.113. The Morgan fingerprint density at radius 3 is 2.80 bits per heavy atom. The van der Waals surface area contributed by atoms with Crippen LogP contribution in [0, 0.1) is 0 Å². The molecule has 0 atom stereocenters. The van der Waals surface area contributed by atoms with Gasteiger partial charge in [-0.2, -0.15) is 0 Å². The molecule has 1 fully saturated rings. The summed E-state index contributed by atoms with van der Waals surface area (Å²) in [7, 11) is 1.50. The number of hydrogen-bond donors (Lipinski definition) is 1. The van der Waals surface area contributed by atoms with Crippen molar-refractivity contribution in [1.29, 1.82) is 0 Å². The molecular weight excluding hydrogens is 262 g/mol. The second-order valence-electron chi connectivity index (χ2n) is 4.56. The number of phenols is 1. The molecule has 1 saturated heterocycles. The van der Waals surface area contributed by atoms with Gasteiger partial charge in [0.25, 0.3) is 5.91 Å². The maximum atomic E-state index is 11.3. The third-order valence-corrected chi connectivity index (χ3v) is 3.18. The monoisotopic (exact) mass is 279 g/mol. The molecule has 0 aliphatic carbocycles. The van der Waals surface area contributed by atoms with Gasteiger partial charge < -0.3 is 14.6 Å². The van der Waals surface area contributed by atoms with Crippen molar-refractivity contribution in [3.63, 3.8) is 0 Å². The Hall–Kier alpha value is -2.24. The molecule has 1 aliphatic heterocycles. The van der Waals surface area contributed by atoms with Crippen LogP contribution < -0.4 is 4.74 Å². The zero-order chi connectivity index (χ0) is 14.5. The number of imide groups is 1. The molecule has 6 heteroatoms. The standard InChI is InChI=1S/C14H17NO5/c1-19-12-8-10(5-6-11(12)16)4-2-3-7-15-13(17)9-20-14(15)18/h5-6,8,16H,2-4,7,9H2,1H3. The Morgan fingerprint density at radius 1 is 1.35 bits per heavy atom. The number of carbonyl (C=O) groups excluding carboxylic acids is 2. The van der Waals surface area contributed by atoms with Crippen molar-refractivity contribution in [3.05, 3.63) is 23.8 Å². The van der Waals surface area contributed by atoms with Gasteiger partial charge in [0.15, 0.2) is 18.1 Å². The Morgan fingerprint density at radius 2 is 2.15 bits per heavy atom. The molecule has 0 unspecified atom stereocenters. The third-order valence-electron chi connectivity index (χ3n) is 3.18. The van der Waals surface area contributed by atoms with E-state index in [9.17, 15) is 14.7 Å². The fourth-order valence-electron chi connectivity index (χ4n) is 2.07. The number of phenolic OH excluding ortho intramolecular Hbond substituents is 1. The number of benzene rings is 1. The van der Waals surface area contributed by atoms with Gasteiger partial charge in [-0.05, 0) is 37.0 Å². The van der Waals surface area contributed by atoms with Crippen LogP contribution in [0.25, 0.3) is 0 Å². The lowest BCUT2D eigenvalue weighted by Gasteiger charge is -2.10. The Labute approximate surface area is 116 Å². The van der Waals surface area contributed by atoms with Crippen molar-refractivity contribution in [2.75, 3.05) is 20.3 Å². The number of ether oxygens (including phenoxy) is 2. The zero-order valence-electron chi connectivity index (χ0n) is 11.3. The number of nitrogens with zero attached hydrogens (tertiary/aromatic N) is 1. The molecule has 1 aromatic rings. The van der Waals surface area contributed by atoms with Crippen molar-refractivity contribution in [2.45, 2.75) is 19.3 Å². The molecule has 2 amide bonds. The first-order valence-corrected chi connectivity index (χ1v) is 6.45. The molecule has 1 heterocycles. The highest BCUT2D eigenvalue weighted by Gasteiger charge is 2.29. The Kier molecular flexibility index (Phi) is 4.45. The average molecular weight is 279 g/mol. The normalized spacial score (nSPS) is 14.6. The maximum absolute atomic E-state index is 11.3. The molecule has 108 valence electrons. The topological polar surface area (TPSA) is 76.1 Å². The van der Waals surface area contributed by atoms with Crippen molar-refractivity contribution in [1.82, 2.24) is 4.90 Å². The van der Waals surface area contributed by atoms with E-state index >= 15 is 0 Å². The summed E-state index contributed by atoms with van der Waals surface area (Å²) in [6.07, 6.45) is 1.77. The first kappa shape index (κ1) is 14.2. The summed E-state index contributed by atoms with van der Waals surface area (Å²) < 4.78 is 9.67. The van der Waals surface area contributed by atoms with Crippen molar-refractivity contribution >= 4 is 12.0 Å². The van der Waals surface area contributed by atoms with Gasteiger partial charge in [-0.25, -0.2) is 9.69 Å². The summed E-state index contributed by atoms with van der Waals surface area (Å²) in [6, 6.07) is 5.20. The molecular formula is C14H17NO5. The van der Waals surface area contributed by atoms with Crippen LogP contribution in [-0.2, 0) is 16.0 Å². The van der Waals surface area contributed by atoms with Gasteiger partial charge in [0.05, 0.1) is 7.11 Å². The van der Waals surface area contributed by atoms with Crippen LogP contribution >= 0.6 is 0 Å². The smallest absolute Gasteiger partial charge is 0.417 e. The van der Waals surface area contributed by atoms with Crippen LogP contribution in [0.2, 0.25) is 0 Å². The van der Waals surface area contributed by atoms with Crippen molar-refractivity contribution in [3.8, 4) is 11.5 Å². The summed E-state index contributed by atoms with van der Waals surface area (Å²) in [5.74, 6) is 0.281.